The van der Waals surface area contributed by atoms with Gasteiger partial charge in [-0.3, -0.25) is 0 Å². The highest BCUT2D eigenvalue weighted by atomic mass is 79.9. The van der Waals surface area contributed by atoms with Gasteiger partial charge >= 0.3 is 0 Å². The smallest absolute Gasteiger partial charge is 0.0314 e. The minimum atomic E-state index is 0.541. The van der Waals surface area contributed by atoms with Crippen molar-refractivity contribution >= 4 is 27.3 Å². The van der Waals surface area contributed by atoms with Crippen LogP contribution in [0.5, 0.6) is 0 Å². The van der Waals surface area contributed by atoms with Crippen LogP contribution in [0.15, 0.2) is 15.9 Å². The Morgan fingerprint density at radius 3 is 2.61 bits per heavy atom. The number of likely N-dealkylation sites (N-methyl/N-ethyl adjacent to an activating group) is 1. The van der Waals surface area contributed by atoms with Crippen LogP contribution in [0.3, 0.4) is 0 Å². The van der Waals surface area contributed by atoms with Gasteiger partial charge in [0.2, 0.25) is 0 Å². The number of rotatable bonds is 6. The van der Waals surface area contributed by atoms with Crippen LogP contribution in [0.4, 0.5) is 0 Å². The maximum atomic E-state index is 3.77. The molecule has 1 aliphatic rings. The number of hydrogen-bond acceptors (Lipinski definition) is 2. The molecule has 0 bridgehead atoms. The van der Waals surface area contributed by atoms with E-state index in [0.717, 1.165) is 6.54 Å². The lowest BCUT2D eigenvalue weighted by Gasteiger charge is -2.37. The van der Waals surface area contributed by atoms with E-state index in [9.17, 15) is 0 Å². The monoisotopic (exact) mass is 329 g/mol. The normalized spacial score (nSPS) is 20.2. The molecule has 1 N–H and O–H groups in total. The highest BCUT2D eigenvalue weighted by Gasteiger charge is 2.39. The van der Waals surface area contributed by atoms with Crippen molar-refractivity contribution in [2.45, 2.75) is 58.4 Å². The number of hydrogen-bond donors (Lipinski definition) is 1. The quantitative estimate of drug-likeness (QED) is 0.774. The second kappa shape index (κ2) is 6.53. The number of halogens is 1. The van der Waals surface area contributed by atoms with Crippen molar-refractivity contribution in [3.05, 3.63) is 20.8 Å². The summed E-state index contributed by atoms with van der Waals surface area (Å²) in [5.41, 5.74) is 0.541. The lowest BCUT2D eigenvalue weighted by molar-refractivity contribution is 0.187. The van der Waals surface area contributed by atoms with E-state index in [-0.39, 0.29) is 0 Å². The molecule has 1 fully saturated rings. The van der Waals surface area contributed by atoms with Crippen LogP contribution < -0.4 is 5.32 Å². The fourth-order valence-corrected chi connectivity index (χ4v) is 5.00. The molecule has 2 rings (SSSR count). The summed E-state index contributed by atoms with van der Waals surface area (Å²) in [5, 5.41) is 5.96. The van der Waals surface area contributed by atoms with Crippen molar-refractivity contribution in [2.75, 3.05) is 6.54 Å². The van der Waals surface area contributed by atoms with Crippen LogP contribution in [0.2, 0.25) is 0 Å². The van der Waals surface area contributed by atoms with Gasteiger partial charge in [-0.05, 0) is 65.0 Å². The van der Waals surface area contributed by atoms with E-state index in [1.165, 1.54) is 47.9 Å². The molecule has 3 heteroatoms. The molecule has 0 spiro atoms. The Balaban J connectivity index is 2.14. The summed E-state index contributed by atoms with van der Waals surface area (Å²) in [5.74, 6) is 0. The summed E-state index contributed by atoms with van der Waals surface area (Å²) in [4.78, 5) is 1.50. The average molecular weight is 330 g/mol. The van der Waals surface area contributed by atoms with Gasteiger partial charge in [-0.15, -0.1) is 11.3 Å². The fraction of sp³-hybridized carbons (Fsp3) is 0.733. The molecule has 1 aromatic heterocycles. The molecule has 1 unspecified atom stereocenters. The molecule has 1 nitrogen and oxygen atoms in total. The van der Waals surface area contributed by atoms with Gasteiger partial charge in [-0.1, -0.05) is 26.7 Å². The molecule has 1 atom stereocenters. The first-order valence-electron chi connectivity index (χ1n) is 7.17. The first-order valence-corrected chi connectivity index (χ1v) is 8.84. The van der Waals surface area contributed by atoms with Gasteiger partial charge in [0.15, 0.2) is 0 Å². The molecule has 18 heavy (non-hydrogen) atoms. The summed E-state index contributed by atoms with van der Waals surface area (Å²) in [6.07, 6.45) is 8.14. The van der Waals surface area contributed by atoms with Crippen molar-refractivity contribution in [2.24, 2.45) is 5.41 Å². The zero-order valence-electron chi connectivity index (χ0n) is 11.5. The van der Waals surface area contributed by atoms with E-state index in [1.807, 2.05) is 11.3 Å². The molecule has 1 aliphatic carbocycles. The highest BCUT2D eigenvalue weighted by Crippen LogP contribution is 2.45. The van der Waals surface area contributed by atoms with Crippen molar-refractivity contribution in [3.8, 4) is 0 Å². The Labute approximate surface area is 123 Å². The summed E-state index contributed by atoms with van der Waals surface area (Å²) in [6.45, 7) is 5.68. The minimum Gasteiger partial charge on any atom is -0.313 e. The second-order valence-electron chi connectivity index (χ2n) is 5.43. The van der Waals surface area contributed by atoms with Crippen LogP contribution in [0.25, 0.3) is 0 Å². The van der Waals surface area contributed by atoms with Crippen molar-refractivity contribution in [1.82, 2.24) is 5.32 Å². The summed E-state index contributed by atoms with van der Waals surface area (Å²) in [6, 6.07) is 2.82. The molecule has 1 heterocycles. The Kier molecular flexibility index (Phi) is 5.28. The zero-order chi connectivity index (χ0) is 13.0. The Morgan fingerprint density at radius 1 is 1.39 bits per heavy atom. The molecule has 0 saturated heterocycles. The van der Waals surface area contributed by atoms with E-state index in [2.05, 4.69) is 46.5 Å². The third-order valence-electron chi connectivity index (χ3n) is 4.57. The molecule has 1 saturated carbocycles. The maximum absolute atomic E-state index is 3.77. The van der Waals surface area contributed by atoms with Gasteiger partial charge in [0, 0.05) is 15.4 Å². The van der Waals surface area contributed by atoms with Gasteiger partial charge < -0.3 is 5.32 Å². The van der Waals surface area contributed by atoms with Gasteiger partial charge in [0.05, 0.1) is 0 Å². The van der Waals surface area contributed by atoms with Crippen LogP contribution in [-0.2, 0) is 6.42 Å². The predicted octanol–water partition coefficient (Wildman–Crippen LogP) is 5.00. The van der Waals surface area contributed by atoms with E-state index in [1.54, 1.807) is 0 Å². The minimum absolute atomic E-state index is 0.541. The molecule has 1 aromatic rings. The van der Waals surface area contributed by atoms with E-state index >= 15 is 0 Å². The van der Waals surface area contributed by atoms with Crippen molar-refractivity contribution in [1.29, 1.82) is 0 Å². The fourth-order valence-electron chi connectivity index (χ4n) is 3.44. The summed E-state index contributed by atoms with van der Waals surface area (Å²) >= 11 is 5.56. The zero-order valence-corrected chi connectivity index (χ0v) is 13.9. The maximum Gasteiger partial charge on any atom is 0.0314 e. The van der Waals surface area contributed by atoms with Gasteiger partial charge in [0.25, 0.3) is 0 Å². The van der Waals surface area contributed by atoms with Crippen LogP contribution in [0.1, 0.15) is 50.8 Å². The number of nitrogens with one attached hydrogen (secondary N) is 1. The largest absolute Gasteiger partial charge is 0.313 e. The first kappa shape index (κ1) is 14.5. The van der Waals surface area contributed by atoms with Crippen LogP contribution in [0, 0.1) is 5.41 Å². The van der Waals surface area contributed by atoms with Crippen molar-refractivity contribution < 1.29 is 0 Å². The first-order chi connectivity index (χ1) is 8.72. The van der Waals surface area contributed by atoms with Gasteiger partial charge in [0.1, 0.15) is 0 Å². The second-order valence-corrected chi connectivity index (χ2v) is 7.28. The molecule has 0 amide bonds. The molecule has 0 aliphatic heterocycles. The summed E-state index contributed by atoms with van der Waals surface area (Å²) in [7, 11) is 0. The third kappa shape index (κ3) is 3.00. The van der Waals surface area contributed by atoms with Crippen molar-refractivity contribution in [3.63, 3.8) is 0 Å². The molecular weight excluding hydrogens is 306 g/mol. The highest BCUT2D eigenvalue weighted by molar-refractivity contribution is 9.10. The molecular formula is C15H24BrNS. The molecule has 0 radical (unpaired) electrons. The Bertz CT molecular complexity index is 368. The summed E-state index contributed by atoms with van der Waals surface area (Å²) < 4.78 is 1.29. The molecule has 102 valence electrons. The average Bonchev–Trinajstić information content (AvgIpc) is 2.99. The standard InChI is InChI=1S/C15H24BrNS/c1-3-15(8-5-6-9-15)14(17-4-2)11-13-12(16)7-10-18-13/h7,10,14,17H,3-6,8-9,11H2,1-2H3. The molecule has 0 aromatic carbocycles. The van der Waals surface area contributed by atoms with Gasteiger partial charge in [-0.25, -0.2) is 0 Å². The third-order valence-corrected chi connectivity index (χ3v) is 6.52. The van der Waals surface area contributed by atoms with Crippen LogP contribution >= 0.6 is 27.3 Å². The Morgan fingerprint density at radius 2 is 2.11 bits per heavy atom. The lowest BCUT2D eigenvalue weighted by Crippen LogP contribution is -2.45. The SMILES string of the molecule is CCNC(Cc1sccc1Br)C1(CC)CCCC1. The van der Waals surface area contributed by atoms with E-state index in [0.29, 0.717) is 11.5 Å². The number of thiophene rings is 1. The predicted molar refractivity (Wildman–Crippen MR) is 84.4 cm³/mol. The topological polar surface area (TPSA) is 12.0 Å². The lowest BCUT2D eigenvalue weighted by atomic mass is 9.74. The van der Waals surface area contributed by atoms with Crippen LogP contribution in [-0.4, -0.2) is 12.6 Å². The van der Waals surface area contributed by atoms with E-state index < -0.39 is 0 Å². The van der Waals surface area contributed by atoms with Gasteiger partial charge in [-0.2, -0.15) is 0 Å². The van der Waals surface area contributed by atoms with E-state index in [4.69, 9.17) is 0 Å². The Hall–Kier alpha value is 0.140.